The molecule has 0 aliphatic carbocycles. The monoisotopic (exact) mass is 575 g/mol. The maximum Gasteiger partial charge on any atom is 0.254 e. The van der Waals surface area contributed by atoms with Gasteiger partial charge in [-0.3, -0.25) is 14.6 Å². The molecule has 224 valence electrons. The van der Waals surface area contributed by atoms with Crippen LogP contribution in [0.5, 0.6) is 0 Å². The van der Waals surface area contributed by atoms with E-state index >= 15 is 0 Å². The number of rotatable bonds is 6. The van der Waals surface area contributed by atoms with E-state index in [9.17, 15) is 9.59 Å². The summed E-state index contributed by atoms with van der Waals surface area (Å²) >= 11 is 5.91. The molecule has 0 bridgehead atoms. The molecule has 2 amide bonds. The minimum Gasteiger partial charge on any atom is -0.386 e. The maximum atomic E-state index is 12.1. The third kappa shape index (κ3) is 17.4. The topological polar surface area (TPSA) is 117 Å². The van der Waals surface area contributed by atoms with Crippen LogP contribution >= 0.6 is 11.6 Å². The number of nitrogens with one attached hydrogen (secondary N) is 2. The van der Waals surface area contributed by atoms with Crippen LogP contribution in [0.15, 0.2) is 41.4 Å². The van der Waals surface area contributed by atoms with Crippen LogP contribution in [0.25, 0.3) is 0 Å². The lowest BCUT2D eigenvalue weighted by atomic mass is 10.0. The van der Waals surface area contributed by atoms with E-state index in [-0.39, 0.29) is 11.7 Å². The predicted octanol–water partition coefficient (Wildman–Crippen LogP) is 6.35. The summed E-state index contributed by atoms with van der Waals surface area (Å²) in [5.74, 6) is 0.366. The van der Waals surface area contributed by atoms with Crippen LogP contribution in [0.4, 0.5) is 11.4 Å². The lowest BCUT2D eigenvalue weighted by Crippen LogP contribution is -2.28. The molecule has 0 unspecified atom stereocenters. The van der Waals surface area contributed by atoms with Crippen molar-refractivity contribution in [3.05, 3.63) is 58.1 Å². The average Bonchev–Trinajstić information content (AvgIpc) is 3.45. The van der Waals surface area contributed by atoms with E-state index in [1.165, 1.54) is 19.4 Å². The molecule has 1 aliphatic rings. The van der Waals surface area contributed by atoms with Gasteiger partial charge >= 0.3 is 0 Å². The second-order valence-corrected chi connectivity index (χ2v) is 9.37. The fraction of sp³-hybridized carbons (Fsp3) is 0.484. The van der Waals surface area contributed by atoms with Crippen molar-refractivity contribution in [3.63, 3.8) is 0 Å². The summed E-state index contributed by atoms with van der Waals surface area (Å²) in [6.07, 6.45) is 3.73. The fourth-order valence-electron chi connectivity index (χ4n) is 3.42. The van der Waals surface area contributed by atoms with Crippen molar-refractivity contribution < 1.29 is 14.4 Å². The Morgan fingerprint density at radius 3 is 2.02 bits per heavy atom. The van der Waals surface area contributed by atoms with Gasteiger partial charge in [0.2, 0.25) is 6.41 Å². The van der Waals surface area contributed by atoms with E-state index in [1.807, 2.05) is 70.0 Å². The number of Topliss-reactive ketones (excluding diaryl/α,β-unsaturated/α-hetero) is 1. The van der Waals surface area contributed by atoms with E-state index in [2.05, 4.69) is 28.6 Å². The smallest absolute Gasteiger partial charge is 0.254 e. The van der Waals surface area contributed by atoms with Crippen LogP contribution in [-0.2, 0) is 9.59 Å². The molecular formula is C31H50ClN5O3. The average molecular weight is 576 g/mol. The first kappa shape index (κ1) is 38.9. The van der Waals surface area contributed by atoms with Gasteiger partial charge in [-0.05, 0) is 90.3 Å². The summed E-state index contributed by atoms with van der Waals surface area (Å²) in [6.45, 7) is 15.5. The Balaban J connectivity index is 0. The number of hydrogen-bond acceptors (Lipinski definition) is 6. The highest BCUT2D eigenvalue weighted by molar-refractivity contribution is 6.31. The first-order valence-electron chi connectivity index (χ1n) is 13.7. The number of amides is 2. The standard InChI is InChI=1S/C13H17NO.C11H16ClN3.C3H6O.C2H5NO.C2H6/c1-10-5-6-12(11(2)9-10)13(15)14-7-3-4-8-14;1-8(5-6-13)15-11-7-9(12)3-4-10(11)14-2;1-3(2)4;1-3-2-4;1-2/h5-6,9H,3-4,7-8H2,1-2H3;3-4,7,14H,5-6,13H2,1-2H3;1-2H3;2H,1H3,(H,3,4);1-2H3. The molecular weight excluding hydrogens is 526 g/mol. The van der Waals surface area contributed by atoms with Crippen molar-refractivity contribution >= 4 is 46.8 Å². The number of halogens is 1. The minimum absolute atomic E-state index is 0.167. The summed E-state index contributed by atoms with van der Waals surface area (Å²) in [5.41, 5.74) is 11.5. The van der Waals surface area contributed by atoms with E-state index < -0.39 is 0 Å². The molecule has 1 aliphatic heterocycles. The summed E-state index contributed by atoms with van der Waals surface area (Å²) in [5, 5.41) is 6.01. The highest BCUT2D eigenvalue weighted by Crippen LogP contribution is 2.28. The highest BCUT2D eigenvalue weighted by atomic mass is 35.5. The van der Waals surface area contributed by atoms with Gasteiger partial charge < -0.3 is 26.1 Å². The number of carbonyl (C=O) groups is 3. The molecule has 0 aromatic heterocycles. The van der Waals surface area contributed by atoms with Crippen LogP contribution in [0.2, 0.25) is 5.02 Å². The first-order chi connectivity index (χ1) is 19.0. The van der Waals surface area contributed by atoms with Crippen LogP contribution in [-0.4, -0.2) is 62.4 Å². The molecule has 1 fully saturated rings. The number of nitrogens with two attached hydrogens (primary N) is 1. The number of anilines is 1. The molecule has 1 saturated heterocycles. The summed E-state index contributed by atoms with van der Waals surface area (Å²) in [7, 11) is 3.42. The molecule has 8 nitrogen and oxygen atoms in total. The lowest BCUT2D eigenvalue weighted by Gasteiger charge is -2.16. The van der Waals surface area contributed by atoms with Gasteiger partial charge in [-0.2, -0.15) is 0 Å². The Labute approximate surface area is 246 Å². The molecule has 1 heterocycles. The molecule has 0 atom stereocenters. The van der Waals surface area contributed by atoms with Crippen LogP contribution < -0.4 is 16.4 Å². The van der Waals surface area contributed by atoms with E-state index in [0.29, 0.717) is 18.0 Å². The van der Waals surface area contributed by atoms with Crippen molar-refractivity contribution in [3.8, 4) is 0 Å². The summed E-state index contributed by atoms with van der Waals surface area (Å²) in [4.78, 5) is 37.0. The van der Waals surface area contributed by atoms with Gasteiger partial charge in [0.05, 0.1) is 11.4 Å². The Hall–Kier alpha value is -3.23. The number of carbonyl (C=O) groups excluding carboxylic acids is 3. The number of likely N-dealkylation sites (tertiary alicyclic amines) is 1. The SMILES string of the molecule is CC.CC(C)=O.CNC=O.CNc1ccc(Cl)cc1N=C(C)CCN.Cc1ccc(C(=O)N2CCCC2)c(C)c1. The lowest BCUT2D eigenvalue weighted by molar-refractivity contribution is -0.115. The first-order valence-corrected chi connectivity index (χ1v) is 14.0. The van der Waals surface area contributed by atoms with Crippen LogP contribution in [0.1, 0.15) is 75.4 Å². The number of nitrogens with zero attached hydrogens (tertiary/aromatic N) is 2. The fourth-order valence-corrected chi connectivity index (χ4v) is 3.59. The van der Waals surface area contributed by atoms with Crippen molar-refractivity contribution in [2.45, 2.75) is 67.7 Å². The largest absolute Gasteiger partial charge is 0.386 e. The van der Waals surface area contributed by atoms with Gasteiger partial charge in [0.15, 0.2) is 0 Å². The number of ketones is 1. The molecule has 0 radical (unpaired) electrons. The molecule has 2 aromatic rings. The Kier molecular flexibility index (Phi) is 23.0. The Bertz CT molecular complexity index is 1050. The van der Waals surface area contributed by atoms with Gasteiger partial charge in [0.1, 0.15) is 5.78 Å². The number of aryl methyl sites for hydroxylation is 2. The second kappa shape index (κ2) is 23.6. The Morgan fingerprint density at radius 1 is 1.02 bits per heavy atom. The van der Waals surface area contributed by atoms with Crippen LogP contribution in [0, 0.1) is 13.8 Å². The quantitative estimate of drug-likeness (QED) is 0.274. The van der Waals surface area contributed by atoms with Crippen molar-refractivity contribution in [2.24, 2.45) is 10.7 Å². The molecule has 3 rings (SSSR count). The molecule has 0 spiro atoms. The van der Waals surface area contributed by atoms with Gasteiger partial charge in [0, 0.05) is 43.5 Å². The van der Waals surface area contributed by atoms with Crippen LogP contribution in [0.3, 0.4) is 0 Å². The third-order valence-corrected chi connectivity index (χ3v) is 5.41. The maximum absolute atomic E-state index is 12.1. The summed E-state index contributed by atoms with van der Waals surface area (Å²) < 4.78 is 0. The minimum atomic E-state index is 0.167. The van der Waals surface area contributed by atoms with Crippen molar-refractivity contribution in [1.29, 1.82) is 0 Å². The van der Waals surface area contributed by atoms with Crippen molar-refractivity contribution in [1.82, 2.24) is 10.2 Å². The van der Waals surface area contributed by atoms with Gasteiger partial charge in [-0.25, -0.2) is 0 Å². The molecule has 0 saturated carbocycles. The normalized spacial score (nSPS) is 11.6. The third-order valence-electron chi connectivity index (χ3n) is 5.17. The molecule has 2 aromatic carbocycles. The Morgan fingerprint density at radius 2 is 1.57 bits per heavy atom. The van der Waals surface area contributed by atoms with E-state index in [4.69, 9.17) is 22.1 Å². The molecule has 40 heavy (non-hydrogen) atoms. The van der Waals surface area contributed by atoms with Gasteiger partial charge in [-0.15, -0.1) is 0 Å². The van der Waals surface area contributed by atoms with Gasteiger partial charge in [-0.1, -0.05) is 43.1 Å². The zero-order valence-corrected chi connectivity index (χ0v) is 26.6. The van der Waals surface area contributed by atoms with E-state index in [0.717, 1.165) is 60.6 Å². The number of hydrogen-bond donors (Lipinski definition) is 3. The zero-order chi connectivity index (χ0) is 31.1. The van der Waals surface area contributed by atoms with E-state index in [1.54, 1.807) is 7.05 Å². The van der Waals surface area contributed by atoms with Crippen molar-refractivity contribution in [2.75, 3.05) is 39.0 Å². The summed E-state index contributed by atoms with van der Waals surface area (Å²) in [6, 6.07) is 11.6. The number of aliphatic imine (C=N–C) groups is 1. The zero-order valence-electron chi connectivity index (χ0n) is 25.9. The predicted molar refractivity (Wildman–Crippen MR) is 171 cm³/mol. The second-order valence-electron chi connectivity index (χ2n) is 8.93. The molecule has 9 heteroatoms. The van der Waals surface area contributed by atoms with Gasteiger partial charge in [0.25, 0.3) is 5.91 Å². The number of benzene rings is 2. The molecule has 4 N–H and O–H groups in total. The highest BCUT2D eigenvalue weighted by Gasteiger charge is 2.20.